The Morgan fingerprint density at radius 1 is 1.30 bits per heavy atom. The van der Waals surface area contributed by atoms with Crippen LogP contribution >= 0.6 is 23.7 Å². The van der Waals surface area contributed by atoms with Crippen LogP contribution < -0.4 is 11.1 Å². The maximum Gasteiger partial charge on any atom is 0.244 e. The number of hydrogen-bond acceptors (Lipinski definition) is 4. The Bertz CT molecular complexity index is 680. The van der Waals surface area contributed by atoms with E-state index in [1.54, 1.807) is 11.3 Å². The molecule has 1 amide bonds. The average Bonchev–Trinajstić information content (AvgIpc) is 2.95. The van der Waals surface area contributed by atoms with Gasteiger partial charge in [0.05, 0.1) is 16.2 Å². The van der Waals surface area contributed by atoms with Crippen molar-refractivity contribution in [2.24, 2.45) is 5.73 Å². The van der Waals surface area contributed by atoms with E-state index in [9.17, 15) is 4.79 Å². The summed E-state index contributed by atoms with van der Waals surface area (Å²) < 4.78 is 0. The van der Waals surface area contributed by atoms with Crippen molar-refractivity contribution in [3.8, 4) is 11.3 Å². The van der Waals surface area contributed by atoms with Crippen LogP contribution in [0.3, 0.4) is 0 Å². The van der Waals surface area contributed by atoms with Gasteiger partial charge in [-0.1, -0.05) is 31.4 Å². The van der Waals surface area contributed by atoms with E-state index >= 15 is 0 Å². The van der Waals surface area contributed by atoms with E-state index in [4.69, 9.17) is 5.73 Å². The van der Waals surface area contributed by atoms with Gasteiger partial charge in [0, 0.05) is 16.6 Å². The topological polar surface area (TPSA) is 68.0 Å². The number of anilines is 1. The molecule has 0 bridgehead atoms. The highest BCUT2D eigenvalue weighted by molar-refractivity contribution is 7.09. The molecule has 1 fully saturated rings. The van der Waals surface area contributed by atoms with Crippen molar-refractivity contribution >= 4 is 35.3 Å². The number of aromatic nitrogens is 1. The Morgan fingerprint density at radius 2 is 2.04 bits per heavy atom. The van der Waals surface area contributed by atoms with Gasteiger partial charge in [-0.25, -0.2) is 4.98 Å². The van der Waals surface area contributed by atoms with Crippen molar-refractivity contribution in [2.75, 3.05) is 5.32 Å². The maximum atomic E-state index is 12.5. The SMILES string of the molecule is Cc1nc(-c2cccc(NC(=O)C3(N)CCCCC3)c2)cs1.Cl. The molecule has 1 saturated carbocycles. The van der Waals surface area contributed by atoms with Crippen molar-refractivity contribution in [1.29, 1.82) is 0 Å². The number of nitrogens with two attached hydrogens (primary N) is 1. The van der Waals surface area contributed by atoms with Crippen LogP contribution in [-0.2, 0) is 4.79 Å². The molecule has 3 N–H and O–H groups in total. The Morgan fingerprint density at radius 3 is 2.70 bits per heavy atom. The summed E-state index contributed by atoms with van der Waals surface area (Å²) >= 11 is 1.62. The molecule has 124 valence electrons. The molecular weight excluding hydrogens is 330 g/mol. The summed E-state index contributed by atoms with van der Waals surface area (Å²) in [6, 6.07) is 7.79. The lowest BCUT2D eigenvalue weighted by Gasteiger charge is -2.31. The van der Waals surface area contributed by atoms with Gasteiger partial charge in [0.2, 0.25) is 5.91 Å². The fourth-order valence-electron chi connectivity index (χ4n) is 2.92. The molecule has 0 atom stereocenters. The number of aryl methyl sites for hydroxylation is 1. The average molecular weight is 352 g/mol. The largest absolute Gasteiger partial charge is 0.324 e. The third kappa shape index (κ3) is 4.10. The minimum atomic E-state index is -0.717. The Hall–Kier alpha value is -1.43. The van der Waals surface area contributed by atoms with E-state index in [1.165, 1.54) is 6.42 Å². The first-order valence-electron chi connectivity index (χ1n) is 7.70. The predicted molar refractivity (Wildman–Crippen MR) is 98.2 cm³/mol. The number of hydrogen-bond donors (Lipinski definition) is 2. The summed E-state index contributed by atoms with van der Waals surface area (Å²) in [4.78, 5) is 17.0. The predicted octanol–water partition coefficient (Wildman–Crippen LogP) is 4.14. The van der Waals surface area contributed by atoms with Crippen LogP contribution in [0.1, 0.15) is 37.1 Å². The highest BCUT2D eigenvalue weighted by Gasteiger charge is 2.35. The van der Waals surface area contributed by atoms with Crippen molar-refractivity contribution in [3.05, 3.63) is 34.7 Å². The van der Waals surface area contributed by atoms with E-state index in [-0.39, 0.29) is 18.3 Å². The summed E-state index contributed by atoms with van der Waals surface area (Å²) in [6.07, 6.45) is 4.77. The highest BCUT2D eigenvalue weighted by Crippen LogP contribution is 2.28. The lowest BCUT2D eigenvalue weighted by Crippen LogP contribution is -2.52. The molecule has 6 heteroatoms. The molecule has 0 unspecified atom stereocenters. The monoisotopic (exact) mass is 351 g/mol. The summed E-state index contributed by atoms with van der Waals surface area (Å²) in [6.45, 7) is 1.99. The van der Waals surface area contributed by atoms with Crippen LogP contribution in [-0.4, -0.2) is 16.4 Å². The number of nitrogens with zero attached hydrogens (tertiary/aromatic N) is 1. The smallest absolute Gasteiger partial charge is 0.244 e. The van der Waals surface area contributed by atoms with Crippen LogP contribution in [0, 0.1) is 6.92 Å². The van der Waals surface area contributed by atoms with E-state index in [1.807, 2.05) is 36.6 Å². The van der Waals surface area contributed by atoms with Gasteiger partial charge >= 0.3 is 0 Å². The van der Waals surface area contributed by atoms with E-state index < -0.39 is 5.54 Å². The molecule has 1 aliphatic carbocycles. The molecule has 0 aliphatic heterocycles. The molecule has 3 rings (SSSR count). The third-order valence-corrected chi connectivity index (χ3v) is 5.01. The Labute approximate surface area is 146 Å². The standard InChI is InChI=1S/C17H21N3OS.ClH/c1-12-19-15(11-22-12)13-6-5-7-14(10-13)20-16(21)17(18)8-3-2-4-9-17;/h5-7,10-11H,2-4,8-9,18H2,1H3,(H,20,21);1H. The molecule has 1 aromatic heterocycles. The second-order valence-corrected chi connectivity index (χ2v) is 7.07. The number of halogens is 1. The molecule has 1 aliphatic rings. The Balaban J connectivity index is 0.00000192. The van der Waals surface area contributed by atoms with Crippen molar-refractivity contribution < 1.29 is 4.79 Å². The number of benzene rings is 1. The first kappa shape index (κ1) is 17.9. The number of thiazole rings is 1. The Kier molecular flexibility index (Phi) is 5.79. The second kappa shape index (κ2) is 7.43. The molecule has 0 spiro atoms. The summed E-state index contributed by atoms with van der Waals surface area (Å²) in [5, 5.41) is 6.05. The molecular formula is C17H22ClN3OS. The van der Waals surface area contributed by atoms with E-state index in [2.05, 4.69) is 10.3 Å². The van der Waals surface area contributed by atoms with Crippen molar-refractivity contribution in [2.45, 2.75) is 44.6 Å². The first-order chi connectivity index (χ1) is 10.6. The molecule has 1 heterocycles. The lowest BCUT2D eigenvalue weighted by molar-refractivity contribution is -0.122. The van der Waals surface area contributed by atoms with Crippen LogP contribution in [0.4, 0.5) is 5.69 Å². The number of nitrogens with one attached hydrogen (secondary N) is 1. The fourth-order valence-corrected chi connectivity index (χ4v) is 3.54. The van der Waals surface area contributed by atoms with Crippen LogP contribution in [0.5, 0.6) is 0 Å². The van der Waals surface area contributed by atoms with Gasteiger partial charge in [0.25, 0.3) is 0 Å². The fraction of sp³-hybridized carbons (Fsp3) is 0.412. The summed E-state index contributed by atoms with van der Waals surface area (Å²) in [7, 11) is 0. The zero-order valence-corrected chi connectivity index (χ0v) is 14.8. The molecule has 0 radical (unpaired) electrons. The number of carbonyl (C=O) groups is 1. The van der Waals surface area contributed by atoms with Gasteiger partial charge in [-0.05, 0) is 31.9 Å². The molecule has 1 aromatic carbocycles. The summed E-state index contributed by atoms with van der Waals surface area (Å²) in [5.74, 6) is -0.0705. The van der Waals surface area contributed by atoms with Gasteiger partial charge in [-0.2, -0.15) is 0 Å². The van der Waals surface area contributed by atoms with E-state index in [0.717, 1.165) is 47.6 Å². The van der Waals surface area contributed by atoms with E-state index in [0.29, 0.717) is 0 Å². The van der Waals surface area contributed by atoms with Gasteiger partial charge in [-0.15, -0.1) is 23.7 Å². The van der Waals surface area contributed by atoms with Crippen molar-refractivity contribution in [3.63, 3.8) is 0 Å². The normalized spacial score (nSPS) is 16.4. The minimum absolute atomic E-state index is 0. The second-order valence-electron chi connectivity index (χ2n) is 6.00. The molecule has 2 aromatic rings. The highest BCUT2D eigenvalue weighted by atomic mass is 35.5. The molecule has 4 nitrogen and oxygen atoms in total. The van der Waals surface area contributed by atoms with Gasteiger partial charge in [0.1, 0.15) is 0 Å². The zero-order chi connectivity index (χ0) is 15.6. The van der Waals surface area contributed by atoms with Crippen molar-refractivity contribution in [1.82, 2.24) is 4.98 Å². The molecule has 23 heavy (non-hydrogen) atoms. The van der Waals surface area contributed by atoms with Crippen LogP contribution in [0.25, 0.3) is 11.3 Å². The minimum Gasteiger partial charge on any atom is -0.324 e. The third-order valence-electron chi connectivity index (χ3n) is 4.23. The zero-order valence-electron chi connectivity index (χ0n) is 13.2. The quantitative estimate of drug-likeness (QED) is 0.873. The van der Waals surface area contributed by atoms with Gasteiger partial charge in [-0.3, -0.25) is 4.79 Å². The van der Waals surface area contributed by atoms with Gasteiger partial charge in [0.15, 0.2) is 0 Å². The van der Waals surface area contributed by atoms with Gasteiger partial charge < -0.3 is 11.1 Å². The van der Waals surface area contributed by atoms with Crippen LogP contribution in [0.15, 0.2) is 29.6 Å². The van der Waals surface area contributed by atoms with Crippen LogP contribution in [0.2, 0.25) is 0 Å². The number of rotatable bonds is 3. The maximum absolute atomic E-state index is 12.5. The summed E-state index contributed by atoms with van der Waals surface area (Å²) in [5.41, 5.74) is 8.30. The first-order valence-corrected chi connectivity index (χ1v) is 8.58. The lowest BCUT2D eigenvalue weighted by atomic mass is 9.82. The number of amides is 1. The molecule has 0 saturated heterocycles. The number of carbonyl (C=O) groups excluding carboxylic acids is 1.